The molecule has 9 nitrogen and oxygen atoms in total. The lowest BCUT2D eigenvalue weighted by atomic mass is 9.96. The molecule has 0 aliphatic rings. The van der Waals surface area contributed by atoms with Crippen LogP contribution >= 0.6 is 11.8 Å². The third-order valence-corrected chi connectivity index (χ3v) is 7.93. The summed E-state index contributed by atoms with van der Waals surface area (Å²) in [5.74, 6) is -0.539. The van der Waals surface area contributed by atoms with E-state index in [1.807, 2.05) is 24.3 Å². The van der Waals surface area contributed by atoms with Crippen LogP contribution in [0.2, 0.25) is 0 Å². The quantitative estimate of drug-likeness (QED) is 0.0489. The number of benzene rings is 3. The van der Waals surface area contributed by atoms with Crippen LogP contribution in [0.3, 0.4) is 0 Å². The Bertz CT molecular complexity index is 1790. The molecule has 0 saturated heterocycles. The molecule has 3 aromatic carbocycles. The lowest BCUT2D eigenvalue weighted by molar-refractivity contribution is -0.384. The van der Waals surface area contributed by atoms with Crippen LogP contribution in [-0.4, -0.2) is 39.2 Å². The molecule has 5 aromatic rings. The van der Waals surface area contributed by atoms with E-state index in [-0.39, 0.29) is 29.6 Å². The minimum absolute atomic E-state index is 0.0621. The molecular formula is C34H28FN3O6S. The lowest BCUT2D eigenvalue weighted by Crippen LogP contribution is -2.07. The average molecular weight is 626 g/mol. The Hall–Kier alpha value is -5.29. The Balaban J connectivity index is 1.52. The van der Waals surface area contributed by atoms with Crippen molar-refractivity contribution in [3.05, 3.63) is 124 Å². The summed E-state index contributed by atoms with van der Waals surface area (Å²) in [7, 11) is 0. The molecule has 0 bridgehead atoms. The number of carbonyl (C=O) groups excluding carboxylic acids is 2. The van der Waals surface area contributed by atoms with Crippen molar-refractivity contribution in [2.45, 2.75) is 24.8 Å². The standard InChI is InChI=1S/C34H28FN3O6S/c1-22(39)43-19-2-20-45-29-13-7-26(8-14-29)33-31(34(40)44-21-23-3-11-28(12-4-23)38(41)42)30(24-15-17-36-18-16-24)32(37-33)25-5-9-27(35)10-6-25/h3-18,37H,2,19-21H2,1H3. The Kier molecular flexibility index (Phi) is 10.0. The number of non-ortho nitro benzene ring substituents is 1. The number of aromatic nitrogens is 2. The second-order valence-electron chi connectivity index (χ2n) is 9.93. The largest absolute Gasteiger partial charge is 0.466 e. The second kappa shape index (κ2) is 14.5. The molecule has 0 fully saturated rings. The summed E-state index contributed by atoms with van der Waals surface area (Å²) in [5, 5.41) is 11.0. The molecule has 45 heavy (non-hydrogen) atoms. The van der Waals surface area contributed by atoms with Crippen molar-refractivity contribution in [2.24, 2.45) is 0 Å². The fraction of sp³-hybridized carbons (Fsp3) is 0.147. The van der Waals surface area contributed by atoms with Gasteiger partial charge in [0, 0.05) is 47.7 Å². The van der Waals surface area contributed by atoms with Gasteiger partial charge in [-0.2, -0.15) is 0 Å². The van der Waals surface area contributed by atoms with Gasteiger partial charge in [-0.05, 0) is 89.3 Å². The number of hydrogen-bond donors (Lipinski definition) is 1. The van der Waals surface area contributed by atoms with Crippen molar-refractivity contribution >= 4 is 29.4 Å². The van der Waals surface area contributed by atoms with Crippen LogP contribution in [0.15, 0.2) is 102 Å². The summed E-state index contributed by atoms with van der Waals surface area (Å²) in [6.07, 6.45) is 3.95. The van der Waals surface area contributed by atoms with Crippen LogP contribution in [0.5, 0.6) is 0 Å². The zero-order chi connectivity index (χ0) is 31.8. The van der Waals surface area contributed by atoms with Crippen molar-refractivity contribution in [3.8, 4) is 33.6 Å². The Morgan fingerprint density at radius 1 is 0.867 bits per heavy atom. The molecule has 0 amide bonds. The number of nitro benzene ring substituents is 1. The molecule has 0 atom stereocenters. The number of carbonyl (C=O) groups is 2. The van der Waals surface area contributed by atoms with E-state index in [1.165, 1.54) is 31.2 Å². The number of thioether (sulfide) groups is 1. The summed E-state index contributed by atoms with van der Waals surface area (Å²) in [6, 6.07) is 23.0. The first-order valence-electron chi connectivity index (χ1n) is 14.0. The number of nitrogens with one attached hydrogen (secondary N) is 1. The zero-order valence-corrected chi connectivity index (χ0v) is 25.0. The molecule has 0 aliphatic carbocycles. The van der Waals surface area contributed by atoms with Crippen LogP contribution < -0.4 is 0 Å². The highest BCUT2D eigenvalue weighted by Crippen LogP contribution is 2.41. The van der Waals surface area contributed by atoms with E-state index in [0.29, 0.717) is 46.7 Å². The predicted molar refractivity (Wildman–Crippen MR) is 169 cm³/mol. The van der Waals surface area contributed by atoms with E-state index in [1.54, 1.807) is 60.6 Å². The van der Waals surface area contributed by atoms with Gasteiger partial charge in [0.1, 0.15) is 12.4 Å². The van der Waals surface area contributed by atoms with E-state index in [4.69, 9.17) is 9.47 Å². The number of hydrogen-bond acceptors (Lipinski definition) is 8. The van der Waals surface area contributed by atoms with Gasteiger partial charge in [-0.3, -0.25) is 19.9 Å². The maximum atomic E-state index is 13.9. The smallest absolute Gasteiger partial charge is 0.341 e. The molecule has 0 spiro atoms. The monoisotopic (exact) mass is 625 g/mol. The van der Waals surface area contributed by atoms with Crippen molar-refractivity contribution in [3.63, 3.8) is 0 Å². The third-order valence-electron chi connectivity index (χ3n) is 6.83. The fourth-order valence-electron chi connectivity index (χ4n) is 4.68. The predicted octanol–water partition coefficient (Wildman–Crippen LogP) is 7.86. The molecule has 0 radical (unpaired) electrons. The molecule has 0 saturated carbocycles. The van der Waals surface area contributed by atoms with E-state index < -0.39 is 10.9 Å². The van der Waals surface area contributed by atoms with Crippen LogP contribution in [0, 0.1) is 15.9 Å². The van der Waals surface area contributed by atoms with E-state index in [0.717, 1.165) is 16.2 Å². The molecule has 2 heterocycles. The SMILES string of the molecule is CC(=O)OCCCSc1ccc(-c2[nH]c(-c3ccc(F)cc3)c(-c3ccncc3)c2C(=O)OCc2ccc([N+](=O)[O-])cc2)cc1. The summed E-state index contributed by atoms with van der Waals surface area (Å²) in [4.78, 5) is 44.0. The number of nitrogens with zero attached hydrogens (tertiary/aromatic N) is 2. The van der Waals surface area contributed by atoms with Gasteiger partial charge in [0.05, 0.1) is 28.5 Å². The number of rotatable bonds is 12. The number of H-pyrrole nitrogens is 1. The zero-order valence-electron chi connectivity index (χ0n) is 24.2. The van der Waals surface area contributed by atoms with Crippen LogP contribution in [0.25, 0.3) is 33.6 Å². The van der Waals surface area contributed by atoms with Gasteiger partial charge in [0.2, 0.25) is 0 Å². The summed E-state index contributed by atoms with van der Waals surface area (Å²) < 4.78 is 24.7. The lowest BCUT2D eigenvalue weighted by Gasteiger charge is -2.11. The topological polar surface area (TPSA) is 124 Å². The summed E-state index contributed by atoms with van der Waals surface area (Å²) >= 11 is 1.62. The first-order valence-corrected chi connectivity index (χ1v) is 15.0. The fourth-order valence-corrected chi connectivity index (χ4v) is 5.50. The maximum absolute atomic E-state index is 13.9. The van der Waals surface area contributed by atoms with Gasteiger partial charge in [-0.15, -0.1) is 11.8 Å². The molecular weight excluding hydrogens is 597 g/mol. The molecule has 228 valence electrons. The molecule has 2 aromatic heterocycles. The number of ether oxygens (including phenoxy) is 2. The number of pyridine rings is 1. The van der Waals surface area contributed by atoms with Crippen molar-refractivity contribution in [2.75, 3.05) is 12.4 Å². The Morgan fingerprint density at radius 2 is 1.51 bits per heavy atom. The highest BCUT2D eigenvalue weighted by Gasteiger charge is 2.27. The van der Waals surface area contributed by atoms with Gasteiger partial charge in [0.15, 0.2) is 0 Å². The number of nitro groups is 1. The molecule has 5 rings (SSSR count). The average Bonchev–Trinajstić information content (AvgIpc) is 3.45. The van der Waals surface area contributed by atoms with Gasteiger partial charge in [-0.1, -0.05) is 12.1 Å². The van der Waals surface area contributed by atoms with Crippen molar-refractivity contribution in [1.29, 1.82) is 0 Å². The molecule has 1 N–H and O–H groups in total. The maximum Gasteiger partial charge on any atom is 0.341 e. The first-order chi connectivity index (χ1) is 21.8. The summed E-state index contributed by atoms with van der Waals surface area (Å²) in [5.41, 5.74) is 4.58. The summed E-state index contributed by atoms with van der Waals surface area (Å²) in [6.45, 7) is 1.64. The van der Waals surface area contributed by atoms with Gasteiger partial charge in [0.25, 0.3) is 5.69 Å². The van der Waals surface area contributed by atoms with Crippen LogP contribution in [0.1, 0.15) is 29.3 Å². The van der Waals surface area contributed by atoms with Crippen molar-refractivity contribution in [1.82, 2.24) is 9.97 Å². The van der Waals surface area contributed by atoms with Gasteiger partial charge in [-0.25, -0.2) is 9.18 Å². The van der Waals surface area contributed by atoms with Gasteiger partial charge >= 0.3 is 11.9 Å². The van der Waals surface area contributed by atoms with E-state index in [9.17, 15) is 24.1 Å². The second-order valence-corrected chi connectivity index (χ2v) is 11.1. The number of esters is 2. The highest BCUT2D eigenvalue weighted by molar-refractivity contribution is 7.99. The number of halogens is 1. The molecule has 0 aliphatic heterocycles. The minimum Gasteiger partial charge on any atom is -0.466 e. The van der Waals surface area contributed by atoms with E-state index in [2.05, 4.69) is 9.97 Å². The molecule has 0 unspecified atom stereocenters. The minimum atomic E-state index is -0.608. The first kappa shape index (κ1) is 31.1. The highest BCUT2D eigenvalue weighted by atomic mass is 32.2. The van der Waals surface area contributed by atoms with E-state index >= 15 is 0 Å². The van der Waals surface area contributed by atoms with Crippen LogP contribution in [0.4, 0.5) is 10.1 Å². The normalized spacial score (nSPS) is 10.8. The third kappa shape index (κ3) is 7.81. The molecule has 11 heteroatoms. The Morgan fingerprint density at radius 3 is 2.16 bits per heavy atom. The van der Waals surface area contributed by atoms with Crippen LogP contribution in [-0.2, 0) is 20.9 Å². The van der Waals surface area contributed by atoms with Gasteiger partial charge < -0.3 is 14.5 Å². The Labute approximate surface area is 262 Å². The number of aromatic amines is 1. The van der Waals surface area contributed by atoms with Crippen molar-refractivity contribution < 1.29 is 28.4 Å².